The number of piperazine rings is 1. The molecule has 2 rings (SSSR count). The molecule has 3 nitrogen and oxygen atoms in total. The van der Waals surface area contributed by atoms with Crippen LogP contribution in [0.5, 0.6) is 0 Å². The lowest BCUT2D eigenvalue weighted by Crippen LogP contribution is -2.56. The van der Waals surface area contributed by atoms with Crippen molar-refractivity contribution < 1.29 is 0 Å². The van der Waals surface area contributed by atoms with E-state index >= 15 is 0 Å². The van der Waals surface area contributed by atoms with Gasteiger partial charge in [0.2, 0.25) is 0 Å². The van der Waals surface area contributed by atoms with Gasteiger partial charge in [-0.05, 0) is 31.4 Å². The fourth-order valence-corrected chi connectivity index (χ4v) is 2.83. The van der Waals surface area contributed by atoms with Gasteiger partial charge in [0.1, 0.15) is 0 Å². The molecule has 0 radical (unpaired) electrons. The summed E-state index contributed by atoms with van der Waals surface area (Å²) in [7, 11) is 0. The van der Waals surface area contributed by atoms with Crippen molar-refractivity contribution in [2.24, 2.45) is 0 Å². The summed E-state index contributed by atoms with van der Waals surface area (Å²) in [6.07, 6.45) is 6.25. The van der Waals surface area contributed by atoms with E-state index in [0.29, 0.717) is 18.1 Å². The largest absolute Gasteiger partial charge is 0.311 e. The molecule has 3 unspecified atom stereocenters. The first-order valence-electron chi connectivity index (χ1n) is 7.15. The van der Waals surface area contributed by atoms with Crippen LogP contribution in [0.3, 0.4) is 0 Å². The summed E-state index contributed by atoms with van der Waals surface area (Å²) >= 11 is 0. The van der Waals surface area contributed by atoms with Crippen LogP contribution in [0, 0.1) is 0 Å². The Hall–Kier alpha value is -0.930. The topological polar surface area (TPSA) is 28.2 Å². The minimum atomic E-state index is 0.458. The van der Waals surface area contributed by atoms with E-state index in [1.807, 2.05) is 18.5 Å². The van der Waals surface area contributed by atoms with Crippen LogP contribution in [0.15, 0.2) is 24.5 Å². The number of pyridine rings is 1. The highest BCUT2D eigenvalue weighted by Crippen LogP contribution is 2.25. The molecule has 0 saturated carbocycles. The van der Waals surface area contributed by atoms with Gasteiger partial charge in [-0.2, -0.15) is 0 Å². The number of hydrogen-bond acceptors (Lipinski definition) is 3. The van der Waals surface area contributed by atoms with E-state index < -0.39 is 0 Å². The molecule has 3 heteroatoms. The summed E-state index contributed by atoms with van der Waals surface area (Å²) in [4.78, 5) is 6.89. The Bertz CT molecular complexity index is 352. The van der Waals surface area contributed by atoms with Crippen LogP contribution in [0.2, 0.25) is 0 Å². The minimum Gasteiger partial charge on any atom is -0.311 e. The van der Waals surface area contributed by atoms with Crippen molar-refractivity contribution in [3.8, 4) is 0 Å². The standard InChI is InChI=1S/C15H25N3/c1-4-14-11-18(15(5-2)10-17-14)12(3)13-7-6-8-16-9-13/h6-9,12,14-15,17H,4-5,10-11H2,1-3H3. The molecule has 1 aromatic rings. The summed E-state index contributed by atoms with van der Waals surface area (Å²) in [5, 5.41) is 3.65. The third-order valence-corrected chi connectivity index (χ3v) is 4.17. The van der Waals surface area contributed by atoms with Crippen LogP contribution < -0.4 is 5.32 Å². The van der Waals surface area contributed by atoms with Crippen molar-refractivity contribution in [2.75, 3.05) is 13.1 Å². The molecule has 1 aliphatic rings. The van der Waals surface area contributed by atoms with E-state index in [1.165, 1.54) is 18.4 Å². The van der Waals surface area contributed by atoms with Crippen LogP contribution in [0.4, 0.5) is 0 Å². The van der Waals surface area contributed by atoms with E-state index in [1.54, 1.807) is 0 Å². The quantitative estimate of drug-likeness (QED) is 0.886. The highest BCUT2D eigenvalue weighted by Gasteiger charge is 2.29. The predicted molar refractivity (Wildman–Crippen MR) is 75.5 cm³/mol. The van der Waals surface area contributed by atoms with E-state index in [9.17, 15) is 0 Å². The van der Waals surface area contributed by atoms with E-state index in [4.69, 9.17) is 0 Å². The summed E-state index contributed by atoms with van der Waals surface area (Å²) in [6.45, 7) is 9.10. The monoisotopic (exact) mass is 247 g/mol. The zero-order valence-electron chi connectivity index (χ0n) is 11.8. The lowest BCUT2D eigenvalue weighted by atomic mass is 10.00. The average molecular weight is 247 g/mol. The van der Waals surface area contributed by atoms with E-state index in [2.05, 4.69) is 42.0 Å². The fourth-order valence-electron chi connectivity index (χ4n) is 2.83. The van der Waals surface area contributed by atoms with Gasteiger partial charge in [0, 0.05) is 43.6 Å². The highest BCUT2D eigenvalue weighted by molar-refractivity contribution is 5.14. The third-order valence-electron chi connectivity index (χ3n) is 4.17. The Morgan fingerprint density at radius 2 is 2.28 bits per heavy atom. The van der Waals surface area contributed by atoms with Gasteiger partial charge >= 0.3 is 0 Å². The second-order valence-corrected chi connectivity index (χ2v) is 5.23. The van der Waals surface area contributed by atoms with Gasteiger partial charge in [-0.3, -0.25) is 9.88 Å². The van der Waals surface area contributed by atoms with Gasteiger partial charge in [-0.25, -0.2) is 0 Å². The SMILES string of the molecule is CCC1CN(C(C)c2cccnc2)C(CC)CN1. The van der Waals surface area contributed by atoms with Crippen molar-refractivity contribution in [3.05, 3.63) is 30.1 Å². The van der Waals surface area contributed by atoms with Crippen molar-refractivity contribution >= 4 is 0 Å². The number of nitrogens with one attached hydrogen (secondary N) is 1. The average Bonchev–Trinajstić information content (AvgIpc) is 2.46. The van der Waals surface area contributed by atoms with Gasteiger partial charge in [0.25, 0.3) is 0 Å². The zero-order valence-corrected chi connectivity index (χ0v) is 11.8. The molecule has 1 N–H and O–H groups in total. The molecule has 1 saturated heterocycles. The Kier molecular flexibility index (Phi) is 4.72. The van der Waals surface area contributed by atoms with Gasteiger partial charge in [-0.1, -0.05) is 19.9 Å². The minimum absolute atomic E-state index is 0.458. The normalized spacial score (nSPS) is 27.1. The molecule has 3 atom stereocenters. The number of rotatable bonds is 4. The van der Waals surface area contributed by atoms with Crippen LogP contribution in [-0.4, -0.2) is 35.1 Å². The molecule has 0 aromatic carbocycles. The Morgan fingerprint density at radius 3 is 2.89 bits per heavy atom. The van der Waals surface area contributed by atoms with Gasteiger partial charge in [0.15, 0.2) is 0 Å². The highest BCUT2D eigenvalue weighted by atomic mass is 15.3. The fraction of sp³-hybridized carbons (Fsp3) is 0.667. The molecule has 0 aliphatic carbocycles. The Labute approximate surface area is 111 Å². The molecular formula is C15H25N3. The molecule has 0 bridgehead atoms. The van der Waals surface area contributed by atoms with E-state index in [0.717, 1.165) is 13.1 Å². The second-order valence-electron chi connectivity index (χ2n) is 5.23. The third kappa shape index (κ3) is 2.90. The molecule has 0 amide bonds. The first-order chi connectivity index (χ1) is 8.76. The van der Waals surface area contributed by atoms with Crippen molar-refractivity contribution in [1.29, 1.82) is 0 Å². The number of nitrogens with zero attached hydrogens (tertiary/aromatic N) is 2. The van der Waals surface area contributed by atoms with Gasteiger partial charge in [0.05, 0.1) is 0 Å². The smallest absolute Gasteiger partial charge is 0.0339 e. The summed E-state index contributed by atoms with van der Waals surface area (Å²) in [5.74, 6) is 0. The lowest BCUT2D eigenvalue weighted by Gasteiger charge is -2.43. The van der Waals surface area contributed by atoms with Crippen molar-refractivity contribution in [1.82, 2.24) is 15.2 Å². The zero-order chi connectivity index (χ0) is 13.0. The van der Waals surface area contributed by atoms with Crippen molar-refractivity contribution in [3.63, 3.8) is 0 Å². The first kappa shape index (κ1) is 13.5. The van der Waals surface area contributed by atoms with Crippen LogP contribution in [-0.2, 0) is 0 Å². The molecule has 1 fully saturated rings. The molecule has 1 aromatic heterocycles. The van der Waals surface area contributed by atoms with E-state index in [-0.39, 0.29) is 0 Å². The van der Waals surface area contributed by atoms with Crippen LogP contribution in [0.1, 0.15) is 45.2 Å². The van der Waals surface area contributed by atoms with Gasteiger partial charge < -0.3 is 5.32 Å². The lowest BCUT2D eigenvalue weighted by molar-refractivity contribution is 0.0849. The number of aromatic nitrogens is 1. The molecule has 0 spiro atoms. The predicted octanol–water partition coefficient (Wildman–Crippen LogP) is 2.61. The summed E-state index contributed by atoms with van der Waals surface area (Å²) < 4.78 is 0. The summed E-state index contributed by atoms with van der Waals surface area (Å²) in [5.41, 5.74) is 1.33. The molecular weight excluding hydrogens is 222 g/mol. The summed E-state index contributed by atoms with van der Waals surface area (Å²) in [6, 6.07) is 5.95. The first-order valence-corrected chi connectivity index (χ1v) is 7.15. The Morgan fingerprint density at radius 1 is 1.44 bits per heavy atom. The Balaban J connectivity index is 2.12. The maximum absolute atomic E-state index is 4.25. The van der Waals surface area contributed by atoms with Crippen LogP contribution in [0.25, 0.3) is 0 Å². The maximum Gasteiger partial charge on any atom is 0.0339 e. The van der Waals surface area contributed by atoms with Gasteiger partial charge in [-0.15, -0.1) is 0 Å². The molecule has 1 aliphatic heterocycles. The van der Waals surface area contributed by atoms with Crippen molar-refractivity contribution in [2.45, 2.75) is 51.7 Å². The molecule has 100 valence electrons. The van der Waals surface area contributed by atoms with Crippen LogP contribution >= 0.6 is 0 Å². The maximum atomic E-state index is 4.25. The number of hydrogen-bond donors (Lipinski definition) is 1. The molecule has 2 heterocycles. The second kappa shape index (κ2) is 6.30. The molecule has 18 heavy (non-hydrogen) atoms.